The lowest BCUT2D eigenvalue weighted by molar-refractivity contribution is -0.870. The summed E-state index contributed by atoms with van der Waals surface area (Å²) in [6.07, 6.45) is 40.5. The number of hydrogen-bond donors (Lipinski definition) is 2. The highest BCUT2D eigenvalue weighted by Gasteiger charge is 2.27. The molecule has 10 nitrogen and oxygen atoms in total. The monoisotopic (exact) mass is 795 g/mol. The fourth-order valence-electron chi connectivity index (χ4n) is 4.93. The second-order valence-corrected chi connectivity index (χ2v) is 16.3. The van der Waals surface area contributed by atoms with Crippen molar-refractivity contribution in [1.82, 2.24) is 0 Å². The largest absolute Gasteiger partial charge is 0.472 e. The van der Waals surface area contributed by atoms with Crippen LogP contribution in [0, 0.1) is 0 Å². The van der Waals surface area contributed by atoms with Gasteiger partial charge in [0.25, 0.3) is 0 Å². The van der Waals surface area contributed by atoms with Gasteiger partial charge in [-0.15, -0.1) is 0 Å². The number of phosphoric ester groups is 1. The maximum absolute atomic E-state index is 12.6. The highest BCUT2D eigenvalue weighted by atomic mass is 31.2. The Bertz CT molecular complexity index is 1190. The molecule has 0 aliphatic heterocycles. The van der Waals surface area contributed by atoms with Gasteiger partial charge >= 0.3 is 19.8 Å². The average molecular weight is 795 g/mol. The number of rotatable bonds is 36. The Morgan fingerprint density at radius 1 is 0.655 bits per heavy atom. The first-order valence-corrected chi connectivity index (χ1v) is 22.3. The number of aliphatic hydroxyl groups excluding tert-OH is 1. The van der Waals surface area contributed by atoms with Crippen LogP contribution in [0.5, 0.6) is 0 Å². The lowest BCUT2D eigenvalue weighted by atomic mass is 10.1. The van der Waals surface area contributed by atoms with Crippen molar-refractivity contribution in [2.45, 2.75) is 148 Å². The highest BCUT2D eigenvalue weighted by molar-refractivity contribution is 7.47. The summed E-state index contributed by atoms with van der Waals surface area (Å²) in [5, 5.41) is 9.48. The molecule has 0 heterocycles. The van der Waals surface area contributed by atoms with E-state index < -0.39 is 32.5 Å². The van der Waals surface area contributed by atoms with Gasteiger partial charge in [-0.05, 0) is 70.6 Å². The molecule has 0 saturated carbocycles. The third-order valence-corrected chi connectivity index (χ3v) is 9.36. The van der Waals surface area contributed by atoms with E-state index in [2.05, 4.69) is 43.4 Å². The Labute approximate surface area is 334 Å². The number of nitrogens with zero attached hydrogens (tertiary/aromatic N) is 1. The Balaban J connectivity index is 4.55. The Morgan fingerprint density at radius 3 is 1.84 bits per heavy atom. The number of unbranched alkanes of at least 4 members (excludes halogenated alkanes) is 10. The molecule has 55 heavy (non-hydrogen) atoms. The van der Waals surface area contributed by atoms with Gasteiger partial charge in [0, 0.05) is 12.8 Å². The molecule has 3 atom stereocenters. The molecule has 0 bridgehead atoms. The number of likely N-dealkylation sites (N-methyl/N-ethyl adjacent to an activating group) is 1. The fourth-order valence-corrected chi connectivity index (χ4v) is 5.68. The fraction of sp³-hybridized carbons (Fsp3) is 0.682. The van der Waals surface area contributed by atoms with Gasteiger partial charge in [-0.1, -0.05) is 125 Å². The number of aliphatic hydroxyl groups is 1. The lowest BCUT2D eigenvalue weighted by Gasteiger charge is -2.24. The Hall–Kier alpha value is -2.59. The lowest BCUT2D eigenvalue weighted by Crippen LogP contribution is -2.37. The second kappa shape index (κ2) is 35.8. The van der Waals surface area contributed by atoms with E-state index in [0.29, 0.717) is 36.7 Å². The second-order valence-electron chi connectivity index (χ2n) is 14.8. The van der Waals surface area contributed by atoms with E-state index in [1.807, 2.05) is 58.4 Å². The molecule has 0 aromatic rings. The zero-order valence-corrected chi connectivity index (χ0v) is 35.9. The van der Waals surface area contributed by atoms with Gasteiger partial charge in [0.2, 0.25) is 0 Å². The van der Waals surface area contributed by atoms with Crippen molar-refractivity contribution in [2.24, 2.45) is 0 Å². The van der Waals surface area contributed by atoms with E-state index in [1.54, 1.807) is 6.08 Å². The van der Waals surface area contributed by atoms with Crippen LogP contribution in [0.25, 0.3) is 0 Å². The molecule has 0 aromatic heterocycles. The molecular weight excluding hydrogens is 717 g/mol. The molecule has 0 radical (unpaired) electrons. The molecule has 0 aliphatic carbocycles. The number of carbonyl (C=O) groups is 2. The number of hydrogen-bond acceptors (Lipinski definition) is 8. The number of allylic oxidation sites excluding steroid dienone is 11. The predicted octanol–water partition coefficient (Wildman–Crippen LogP) is 10.4. The first kappa shape index (κ1) is 52.4. The van der Waals surface area contributed by atoms with Gasteiger partial charge in [0.1, 0.15) is 19.8 Å². The average Bonchev–Trinajstić information content (AvgIpc) is 3.13. The molecule has 0 spiro atoms. The third kappa shape index (κ3) is 39.4. The van der Waals surface area contributed by atoms with Gasteiger partial charge < -0.3 is 24.0 Å². The number of carbonyl (C=O) groups excluding carboxylic acids is 2. The smallest absolute Gasteiger partial charge is 0.462 e. The first-order valence-electron chi connectivity index (χ1n) is 20.8. The summed E-state index contributed by atoms with van der Waals surface area (Å²) in [5.41, 5.74) is 0. The molecule has 3 unspecified atom stereocenters. The normalized spacial score (nSPS) is 15.0. The van der Waals surface area contributed by atoms with Crippen LogP contribution in [0.3, 0.4) is 0 Å². The van der Waals surface area contributed by atoms with Gasteiger partial charge in [0.05, 0.1) is 33.9 Å². The van der Waals surface area contributed by atoms with Crippen molar-refractivity contribution in [2.75, 3.05) is 47.5 Å². The third-order valence-electron chi connectivity index (χ3n) is 8.38. The molecule has 316 valence electrons. The molecule has 0 fully saturated rings. The van der Waals surface area contributed by atoms with E-state index in [1.165, 1.54) is 32.1 Å². The van der Waals surface area contributed by atoms with Crippen molar-refractivity contribution in [3.63, 3.8) is 0 Å². The molecule has 11 heteroatoms. The van der Waals surface area contributed by atoms with E-state index in [4.69, 9.17) is 18.5 Å². The minimum absolute atomic E-state index is 0.00968. The van der Waals surface area contributed by atoms with Crippen molar-refractivity contribution in [1.29, 1.82) is 0 Å². The summed E-state index contributed by atoms with van der Waals surface area (Å²) < 4.78 is 34.1. The van der Waals surface area contributed by atoms with E-state index in [-0.39, 0.29) is 32.2 Å². The maximum atomic E-state index is 12.6. The summed E-state index contributed by atoms with van der Waals surface area (Å²) >= 11 is 0. The molecule has 0 aromatic carbocycles. The minimum Gasteiger partial charge on any atom is -0.462 e. The summed E-state index contributed by atoms with van der Waals surface area (Å²) in [6.45, 7) is 3.96. The molecular formula is C44H77NO9P+. The quantitative estimate of drug-likeness (QED) is 0.0159. The van der Waals surface area contributed by atoms with Crippen LogP contribution >= 0.6 is 7.82 Å². The molecule has 0 aliphatic rings. The van der Waals surface area contributed by atoms with Crippen molar-refractivity contribution in [3.05, 3.63) is 72.9 Å². The molecule has 2 N–H and O–H groups in total. The summed E-state index contributed by atoms with van der Waals surface area (Å²) in [5.74, 6) is -0.905. The SMILES string of the molecule is CCCCCC/C=C\CCCCCCCC(=O)OCC(COP(=O)(O)OCC[N+](C)(C)C)OC(=O)CCC/C=C\C/C=C\C/C=C\C/C=C\C=C\C(O)CC. The number of ether oxygens (including phenoxy) is 2. The minimum atomic E-state index is -4.40. The van der Waals surface area contributed by atoms with Gasteiger partial charge in [-0.2, -0.15) is 0 Å². The Morgan fingerprint density at radius 2 is 1.20 bits per heavy atom. The maximum Gasteiger partial charge on any atom is 0.472 e. The summed E-state index contributed by atoms with van der Waals surface area (Å²) in [4.78, 5) is 35.3. The Kier molecular flexibility index (Phi) is 34.1. The molecule has 0 saturated heterocycles. The number of quaternary nitrogens is 1. The van der Waals surface area contributed by atoms with Crippen molar-refractivity contribution < 1.29 is 47.2 Å². The van der Waals surface area contributed by atoms with Gasteiger partial charge in [-0.3, -0.25) is 18.6 Å². The standard InChI is InChI=1S/C44H76NO9P/c1-6-8-9-10-11-12-13-16-20-23-26-29-32-35-43(47)51-39-42(40-53-55(49,50)52-38-37-45(3,4)5)54-44(48)36-33-30-27-24-21-18-15-14-17-19-22-25-28-31-34-41(46)7-2/h12-13,15,17-19,24-25,27-28,31,34,41-42,46H,6-11,14,16,20-23,26,29-30,32-33,35-40H2,1-5H3/p+1/b13-12-,18-15-,19-17-,27-24-,28-25-,34-31+. The van der Waals surface area contributed by atoms with Crippen LogP contribution in [0.15, 0.2) is 72.9 Å². The summed E-state index contributed by atoms with van der Waals surface area (Å²) in [7, 11) is 1.40. The van der Waals surface area contributed by atoms with Crippen LogP contribution in [0.1, 0.15) is 136 Å². The highest BCUT2D eigenvalue weighted by Crippen LogP contribution is 2.43. The molecule has 0 rings (SSSR count). The van der Waals surface area contributed by atoms with Crippen LogP contribution in [-0.2, 0) is 32.7 Å². The zero-order chi connectivity index (χ0) is 40.9. The first-order chi connectivity index (χ1) is 26.4. The predicted molar refractivity (Wildman–Crippen MR) is 225 cm³/mol. The van der Waals surface area contributed by atoms with Crippen molar-refractivity contribution >= 4 is 19.8 Å². The van der Waals surface area contributed by atoms with Crippen LogP contribution < -0.4 is 0 Å². The van der Waals surface area contributed by atoms with E-state index in [0.717, 1.165) is 51.4 Å². The van der Waals surface area contributed by atoms with Gasteiger partial charge in [-0.25, -0.2) is 4.57 Å². The van der Waals surface area contributed by atoms with Crippen molar-refractivity contribution in [3.8, 4) is 0 Å². The zero-order valence-electron chi connectivity index (χ0n) is 35.0. The number of esters is 2. The van der Waals surface area contributed by atoms with Crippen LogP contribution in [0.2, 0.25) is 0 Å². The number of phosphoric acid groups is 1. The molecule has 0 amide bonds. The van der Waals surface area contributed by atoms with Crippen LogP contribution in [-0.4, -0.2) is 86.1 Å². The van der Waals surface area contributed by atoms with E-state index in [9.17, 15) is 24.2 Å². The van der Waals surface area contributed by atoms with E-state index >= 15 is 0 Å². The summed E-state index contributed by atoms with van der Waals surface area (Å²) in [6, 6.07) is 0. The van der Waals surface area contributed by atoms with Crippen LogP contribution in [0.4, 0.5) is 0 Å². The van der Waals surface area contributed by atoms with Gasteiger partial charge in [0.15, 0.2) is 6.10 Å². The topological polar surface area (TPSA) is 129 Å².